The smallest absolute Gasteiger partial charge is 0.317 e. The molecular weight excluding hydrogens is 218 g/mol. The van der Waals surface area contributed by atoms with Crippen molar-refractivity contribution >= 4 is 0 Å². The average molecular weight is 237 g/mol. The summed E-state index contributed by atoms with van der Waals surface area (Å²) in [4.78, 5) is 4.71. The van der Waals surface area contributed by atoms with Crippen molar-refractivity contribution in [1.82, 2.24) is 20.0 Å². The minimum Gasteiger partial charge on any atom is -0.711 e. The molecular formula is C11H19N5O. The molecule has 94 valence electrons. The molecule has 2 rings (SSSR count). The molecule has 1 saturated heterocycles. The van der Waals surface area contributed by atoms with Crippen molar-refractivity contribution in [3.63, 3.8) is 0 Å². The third-order valence-electron chi connectivity index (χ3n) is 3.31. The van der Waals surface area contributed by atoms with Gasteiger partial charge < -0.3 is 15.0 Å². The van der Waals surface area contributed by atoms with Crippen molar-refractivity contribution in [3.05, 3.63) is 22.9 Å². The van der Waals surface area contributed by atoms with Crippen LogP contribution in [0.1, 0.15) is 11.4 Å². The van der Waals surface area contributed by atoms with Crippen LogP contribution < -0.4 is 4.73 Å². The second-order valence-corrected chi connectivity index (χ2v) is 4.58. The van der Waals surface area contributed by atoms with Gasteiger partial charge in [0.25, 0.3) is 0 Å². The van der Waals surface area contributed by atoms with Gasteiger partial charge in [0.1, 0.15) is 11.4 Å². The lowest BCUT2D eigenvalue weighted by molar-refractivity contribution is -0.618. The second-order valence-electron chi connectivity index (χ2n) is 4.58. The number of likely N-dealkylation sites (N-methyl/N-ethyl adjacent to an activating group) is 1. The van der Waals surface area contributed by atoms with E-state index in [9.17, 15) is 5.21 Å². The van der Waals surface area contributed by atoms with Gasteiger partial charge in [0.05, 0.1) is 5.10 Å². The minimum atomic E-state index is 0.733. The fourth-order valence-corrected chi connectivity index (χ4v) is 2.07. The van der Waals surface area contributed by atoms with Crippen LogP contribution in [0, 0.1) is 12.1 Å². The summed E-state index contributed by atoms with van der Waals surface area (Å²) in [5, 5.41) is 19.1. The molecule has 0 aromatic carbocycles. The monoisotopic (exact) mass is 237 g/mol. The average Bonchev–Trinajstić information content (AvgIpc) is 2.31. The maximum absolute atomic E-state index is 11.6. The van der Waals surface area contributed by atoms with Crippen LogP contribution in [0.3, 0.4) is 0 Å². The van der Waals surface area contributed by atoms with Crippen LogP contribution in [0.2, 0.25) is 0 Å². The molecule has 1 aliphatic heterocycles. The predicted molar refractivity (Wildman–Crippen MR) is 63.4 cm³/mol. The molecule has 1 aliphatic rings. The third kappa shape index (κ3) is 3.10. The van der Waals surface area contributed by atoms with E-state index < -0.39 is 0 Å². The van der Waals surface area contributed by atoms with Crippen LogP contribution in [0.15, 0.2) is 6.33 Å². The molecule has 2 heterocycles. The van der Waals surface area contributed by atoms with E-state index in [0.717, 1.165) is 55.3 Å². The summed E-state index contributed by atoms with van der Waals surface area (Å²) in [6.45, 7) is 7.11. The van der Waals surface area contributed by atoms with Crippen LogP contribution in [0.4, 0.5) is 0 Å². The van der Waals surface area contributed by atoms with Crippen molar-refractivity contribution in [2.75, 3.05) is 39.8 Å². The van der Waals surface area contributed by atoms with Crippen LogP contribution in [-0.4, -0.2) is 59.8 Å². The molecule has 1 fully saturated rings. The molecule has 0 radical (unpaired) electrons. The SMILES string of the molecule is Cc1nnc[n+]([O-])c1CCN1CCN(C)CC1. The van der Waals surface area contributed by atoms with Crippen LogP contribution in [0.5, 0.6) is 0 Å². The Morgan fingerprint density at radius 2 is 2.06 bits per heavy atom. The molecule has 0 N–H and O–H groups in total. The van der Waals surface area contributed by atoms with Crippen molar-refractivity contribution in [2.45, 2.75) is 13.3 Å². The molecule has 0 saturated carbocycles. The number of aromatic nitrogens is 3. The number of hydrogen-bond donors (Lipinski definition) is 0. The van der Waals surface area contributed by atoms with Crippen molar-refractivity contribution in [2.24, 2.45) is 0 Å². The van der Waals surface area contributed by atoms with E-state index in [2.05, 4.69) is 27.0 Å². The molecule has 0 aliphatic carbocycles. The summed E-state index contributed by atoms with van der Waals surface area (Å²) in [6, 6.07) is 0. The molecule has 17 heavy (non-hydrogen) atoms. The minimum absolute atomic E-state index is 0.733. The highest BCUT2D eigenvalue weighted by Crippen LogP contribution is 2.03. The van der Waals surface area contributed by atoms with E-state index in [4.69, 9.17) is 0 Å². The summed E-state index contributed by atoms with van der Waals surface area (Å²) in [7, 11) is 2.14. The second kappa shape index (κ2) is 5.37. The standard InChI is InChI=1S/C11H19N5O/c1-10-11(16(17)9-12-13-10)3-4-15-7-5-14(2)6-8-15/h9H,3-8H2,1-2H3. The lowest BCUT2D eigenvalue weighted by Gasteiger charge is -2.32. The van der Waals surface area contributed by atoms with Crippen molar-refractivity contribution in [3.8, 4) is 0 Å². The Kier molecular flexibility index (Phi) is 3.86. The first-order valence-corrected chi connectivity index (χ1v) is 5.98. The molecule has 0 amide bonds. The van der Waals surface area contributed by atoms with Crippen LogP contribution in [0.25, 0.3) is 0 Å². The molecule has 1 aromatic rings. The third-order valence-corrected chi connectivity index (χ3v) is 3.31. The molecule has 0 bridgehead atoms. The first kappa shape index (κ1) is 12.2. The maximum atomic E-state index is 11.6. The Balaban J connectivity index is 1.89. The van der Waals surface area contributed by atoms with Gasteiger partial charge in [0.15, 0.2) is 0 Å². The van der Waals surface area contributed by atoms with Crippen LogP contribution in [-0.2, 0) is 6.42 Å². The number of aryl methyl sites for hydroxylation is 1. The summed E-state index contributed by atoms with van der Waals surface area (Å²) in [5.41, 5.74) is 1.47. The van der Waals surface area contributed by atoms with E-state index in [0.29, 0.717) is 0 Å². The number of piperazine rings is 1. The van der Waals surface area contributed by atoms with Crippen LogP contribution >= 0.6 is 0 Å². The summed E-state index contributed by atoms with van der Waals surface area (Å²) in [6.07, 6.45) is 1.97. The lowest BCUT2D eigenvalue weighted by atomic mass is 10.2. The molecule has 0 atom stereocenters. The van der Waals surface area contributed by atoms with E-state index in [1.54, 1.807) is 0 Å². The van der Waals surface area contributed by atoms with Crippen molar-refractivity contribution < 1.29 is 4.73 Å². The van der Waals surface area contributed by atoms with E-state index in [1.807, 2.05) is 6.92 Å². The molecule has 6 nitrogen and oxygen atoms in total. The largest absolute Gasteiger partial charge is 0.711 e. The van der Waals surface area contributed by atoms with Gasteiger partial charge in [-0.3, -0.25) is 0 Å². The van der Waals surface area contributed by atoms with Gasteiger partial charge in [-0.2, -0.15) is 0 Å². The lowest BCUT2D eigenvalue weighted by Crippen LogP contribution is -2.46. The maximum Gasteiger partial charge on any atom is 0.317 e. The quantitative estimate of drug-likeness (QED) is 0.509. The topological polar surface area (TPSA) is 59.2 Å². The zero-order valence-electron chi connectivity index (χ0n) is 10.5. The number of rotatable bonds is 3. The van der Waals surface area contributed by atoms with E-state index in [-0.39, 0.29) is 0 Å². The highest BCUT2D eigenvalue weighted by molar-refractivity contribution is 5.01. The first-order valence-electron chi connectivity index (χ1n) is 5.98. The highest BCUT2D eigenvalue weighted by atomic mass is 16.5. The van der Waals surface area contributed by atoms with Gasteiger partial charge in [-0.1, -0.05) is 0 Å². The Hall–Kier alpha value is -1.27. The Bertz CT molecular complexity index is 356. The normalized spacial score (nSPS) is 18.5. The Morgan fingerprint density at radius 3 is 2.71 bits per heavy atom. The zero-order chi connectivity index (χ0) is 12.3. The van der Waals surface area contributed by atoms with Gasteiger partial charge in [-0.25, -0.2) is 4.73 Å². The van der Waals surface area contributed by atoms with Gasteiger partial charge in [-0.05, 0) is 19.1 Å². The van der Waals surface area contributed by atoms with Gasteiger partial charge in [-0.15, -0.1) is 0 Å². The fourth-order valence-electron chi connectivity index (χ4n) is 2.07. The molecule has 0 spiro atoms. The Labute approximate surface area is 101 Å². The van der Waals surface area contributed by atoms with E-state index in [1.165, 1.54) is 6.33 Å². The predicted octanol–water partition coefficient (Wildman–Crippen LogP) is -0.792. The molecule has 0 unspecified atom stereocenters. The highest BCUT2D eigenvalue weighted by Gasteiger charge is 2.15. The number of hydrogen-bond acceptors (Lipinski definition) is 5. The summed E-state index contributed by atoms with van der Waals surface area (Å²) in [5.74, 6) is 0. The van der Waals surface area contributed by atoms with E-state index >= 15 is 0 Å². The van der Waals surface area contributed by atoms with Crippen molar-refractivity contribution in [1.29, 1.82) is 0 Å². The summed E-state index contributed by atoms with van der Waals surface area (Å²) < 4.78 is 0.832. The number of nitrogens with zero attached hydrogens (tertiary/aromatic N) is 5. The molecule has 6 heteroatoms. The van der Waals surface area contributed by atoms with Gasteiger partial charge in [0.2, 0.25) is 0 Å². The van der Waals surface area contributed by atoms with Gasteiger partial charge >= 0.3 is 6.33 Å². The summed E-state index contributed by atoms with van der Waals surface area (Å²) >= 11 is 0. The fraction of sp³-hybridized carbons (Fsp3) is 0.727. The first-order chi connectivity index (χ1) is 8.16. The Morgan fingerprint density at radius 1 is 1.35 bits per heavy atom. The van der Waals surface area contributed by atoms with Gasteiger partial charge in [0, 0.05) is 39.1 Å². The molecule has 1 aromatic heterocycles. The zero-order valence-corrected chi connectivity index (χ0v) is 10.5.